The highest BCUT2D eigenvalue weighted by Crippen LogP contribution is 2.23. The van der Waals surface area contributed by atoms with Gasteiger partial charge >= 0.3 is 6.09 Å². The van der Waals surface area contributed by atoms with E-state index in [0.29, 0.717) is 24.2 Å². The van der Waals surface area contributed by atoms with Crippen LogP contribution in [-0.4, -0.2) is 53.2 Å². The van der Waals surface area contributed by atoms with Crippen molar-refractivity contribution in [3.05, 3.63) is 42.6 Å². The van der Waals surface area contributed by atoms with Gasteiger partial charge in [0.2, 0.25) is 11.9 Å². The zero-order chi connectivity index (χ0) is 20.4. The lowest BCUT2D eigenvalue weighted by molar-refractivity contribution is 0.178. The quantitative estimate of drug-likeness (QED) is 0.668. The van der Waals surface area contributed by atoms with Crippen LogP contribution in [0.15, 0.2) is 31.1 Å². The number of hydrogen-bond acceptors (Lipinski definition) is 9. The first-order chi connectivity index (χ1) is 14.0. The van der Waals surface area contributed by atoms with Gasteiger partial charge in [-0.05, 0) is 20.3 Å². The molecule has 150 valence electrons. The number of rotatable bonds is 6. The van der Waals surface area contributed by atoms with E-state index in [0.717, 1.165) is 12.1 Å². The van der Waals surface area contributed by atoms with Crippen LogP contribution in [0.25, 0.3) is 5.82 Å². The SMILES string of the molecule is CC[C@H]1COC(=O)N1c1nc(C)nc(N[C@@H](C)c2cn(-c3cnccn3)cn2)n1. The molecule has 1 aliphatic rings. The molecule has 0 aliphatic carbocycles. The van der Waals surface area contributed by atoms with Crippen molar-refractivity contribution in [2.24, 2.45) is 0 Å². The number of carbonyl (C=O) groups excluding carboxylic acids is 1. The Hall–Kier alpha value is -3.63. The Labute approximate surface area is 167 Å². The molecule has 11 nitrogen and oxygen atoms in total. The molecule has 0 bridgehead atoms. The summed E-state index contributed by atoms with van der Waals surface area (Å²) in [6, 6.07) is -0.271. The van der Waals surface area contributed by atoms with Crippen molar-refractivity contribution < 1.29 is 9.53 Å². The van der Waals surface area contributed by atoms with Crippen molar-refractivity contribution in [2.45, 2.75) is 39.3 Å². The minimum Gasteiger partial charge on any atom is -0.447 e. The molecule has 1 saturated heterocycles. The molecule has 2 atom stereocenters. The number of nitrogens with one attached hydrogen (secondary N) is 1. The van der Waals surface area contributed by atoms with E-state index in [1.165, 1.54) is 4.90 Å². The lowest BCUT2D eigenvalue weighted by atomic mass is 10.2. The van der Waals surface area contributed by atoms with Gasteiger partial charge in [-0.25, -0.2) is 19.7 Å². The first-order valence-corrected chi connectivity index (χ1v) is 9.30. The number of hydrogen-bond donors (Lipinski definition) is 1. The van der Waals surface area contributed by atoms with Crippen LogP contribution < -0.4 is 10.2 Å². The topological polar surface area (TPSA) is 124 Å². The maximum absolute atomic E-state index is 12.1. The van der Waals surface area contributed by atoms with E-state index in [4.69, 9.17) is 4.74 Å². The van der Waals surface area contributed by atoms with Crippen LogP contribution in [0, 0.1) is 6.92 Å². The fraction of sp³-hybridized carbons (Fsp3) is 0.389. The van der Waals surface area contributed by atoms with Gasteiger partial charge in [-0.1, -0.05) is 6.92 Å². The molecule has 11 heteroatoms. The van der Waals surface area contributed by atoms with Crippen LogP contribution >= 0.6 is 0 Å². The van der Waals surface area contributed by atoms with E-state index in [2.05, 4.69) is 35.2 Å². The first-order valence-electron chi connectivity index (χ1n) is 9.30. The van der Waals surface area contributed by atoms with Gasteiger partial charge in [-0.2, -0.15) is 15.0 Å². The fourth-order valence-corrected chi connectivity index (χ4v) is 3.03. The van der Waals surface area contributed by atoms with Gasteiger partial charge < -0.3 is 10.1 Å². The van der Waals surface area contributed by atoms with Crippen LogP contribution in [0.2, 0.25) is 0 Å². The number of aromatic nitrogens is 7. The van der Waals surface area contributed by atoms with Crippen LogP contribution in [-0.2, 0) is 4.74 Å². The van der Waals surface area contributed by atoms with E-state index in [1.54, 1.807) is 36.4 Å². The highest BCUT2D eigenvalue weighted by molar-refractivity contribution is 5.88. The molecule has 0 saturated carbocycles. The Balaban J connectivity index is 1.54. The van der Waals surface area contributed by atoms with Crippen molar-refractivity contribution in [1.29, 1.82) is 0 Å². The molecule has 0 radical (unpaired) electrons. The van der Waals surface area contributed by atoms with Crippen molar-refractivity contribution in [3.8, 4) is 5.82 Å². The molecule has 4 rings (SSSR count). The van der Waals surface area contributed by atoms with Crippen molar-refractivity contribution in [2.75, 3.05) is 16.8 Å². The van der Waals surface area contributed by atoms with E-state index >= 15 is 0 Å². The van der Waals surface area contributed by atoms with Gasteiger partial charge in [0.15, 0.2) is 5.82 Å². The number of amides is 1. The molecule has 3 aromatic rings. The third-order valence-corrected chi connectivity index (χ3v) is 4.59. The Morgan fingerprint density at radius 2 is 2.14 bits per heavy atom. The Morgan fingerprint density at radius 1 is 1.28 bits per heavy atom. The molecule has 0 aromatic carbocycles. The predicted octanol–water partition coefficient (Wildman–Crippen LogP) is 2.06. The maximum atomic E-state index is 12.1. The number of ether oxygens (including phenoxy) is 1. The van der Waals surface area contributed by atoms with Crippen LogP contribution in [0.3, 0.4) is 0 Å². The third-order valence-electron chi connectivity index (χ3n) is 4.59. The molecule has 4 heterocycles. The van der Waals surface area contributed by atoms with E-state index in [-0.39, 0.29) is 18.0 Å². The Kier molecular flexibility index (Phi) is 5.02. The summed E-state index contributed by atoms with van der Waals surface area (Å²) in [6.45, 7) is 6.02. The second-order valence-electron chi connectivity index (χ2n) is 6.65. The summed E-state index contributed by atoms with van der Waals surface area (Å²) in [5, 5.41) is 3.22. The highest BCUT2D eigenvalue weighted by Gasteiger charge is 2.35. The lowest BCUT2D eigenvalue weighted by Gasteiger charge is -2.19. The predicted molar refractivity (Wildman–Crippen MR) is 104 cm³/mol. The molecular weight excluding hydrogens is 374 g/mol. The zero-order valence-corrected chi connectivity index (χ0v) is 16.3. The summed E-state index contributed by atoms with van der Waals surface area (Å²) in [5.41, 5.74) is 0.780. The summed E-state index contributed by atoms with van der Waals surface area (Å²) < 4.78 is 6.93. The summed E-state index contributed by atoms with van der Waals surface area (Å²) in [5.74, 6) is 1.83. The minimum absolute atomic E-state index is 0.0859. The van der Waals surface area contributed by atoms with Crippen LogP contribution in [0.4, 0.5) is 16.7 Å². The fourth-order valence-electron chi connectivity index (χ4n) is 3.03. The summed E-state index contributed by atoms with van der Waals surface area (Å²) >= 11 is 0. The molecule has 0 unspecified atom stereocenters. The highest BCUT2D eigenvalue weighted by atomic mass is 16.6. The van der Waals surface area contributed by atoms with Gasteiger partial charge in [-0.15, -0.1) is 0 Å². The molecule has 3 aromatic heterocycles. The average molecular weight is 395 g/mol. The number of nitrogens with zero attached hydrogens (tertiary/aromatic N) is 8. The summed E-state index contributed by atoms with van der Waals surface area (Å²) in [6.07, 6.45) is 8.74. The van der Waals surface area contributed by atoms with Crippen LogP contribution in [0.5, 0.6) is 0 Å². The molecule has 1 amide bonds. The lowest BCUT2D eigenvalue weighted by Crippen LogP contribution is -2.34. The van der Waals surface area contributed by atoms with Gasteiger partial charge in [0.1, 0.15) is 18.8 Å². The van der Waals surface area contributed by atoms with E-state index in [9.17, 15) is 4.79 Å². The largest absolute Gasteiger partial charge is 0.447 e. The van der Waals surface area contributed by atoms with Gasteiger partial charge in [0.25, 0.3) is 0 Å². The maximum Gasteiger partial charge on any atom is 0.417 e. The van der Waals surface area contributed by atoms with Crippen molar-refractivity contribution >= 4 is 18.0 Å². The van der Waals surface area contributed by atoms with Crippen LogP contribution in [0.1, 0.15) is 37.8 Å². The summed E-state index contributed by atoms with van der Waals surface area (Å²) in [4.78, 5) is 39.4. The number of anilines is 2. The normalized spacial score (nSPS) is 17.3. The van der Waals surface area contributed by atoms with Gasteiger partial charge in [0.05, 0.1) is 24.0 Å². The zero-order valence-electron chi connectivity index (χ0n) is 16.3. The van der Waals surface area contributed by atoms with Gasteiger partial charge in [-0.3, -0.25) is 9.55 Å². The van der Waals surface area contributed by atoms with E-state index < -0.39 is 6.09 Å². The molecular formula is C18H21N9O2. The number of cyclic esters (lactones) is 1. The number of aryl methyl sites for hydroxylation is 1. The molecule has 1 aliphatic heterocycles. The number of carbonyl (C=O) groups is 1. The van der Waals surface area contributed by atoms with Gasteiger partial charge in [0, 0.05) is 18.6 Å². The smallest absolute Gasteiger partial charge is 0.417 e. The minimum atomic E-state index is -0.441. The first kappa shape index (κ1) is 18.7. The second-order valence-corrected chi connectivity index (χ2v) is 6.65. The summed E-state index contributed by atoms with van der Waals surface area (Å²) in [7, 11) is 0. The standard InChI is InChI=1S/C18H21N9O2/c1-4-13-9-29-18(28)27(13)17-24-12(3)23-16(25-17)22-11(2)14-8-26(10-21-14)15-7-19-5-6-20-15/h5-8,10-11,13H,4,9H2,1-3H3,(H,22,23,24,25)/t11-,13-/m0/s1. The monoisotopic (exact) mass is 395 g/mol. The van der Waals surface area contributed by atoms with Crippen molar-refractivity contribution in [1.82, 2.24) is 34.5 Å². The average Bonchev–Trinajstić information content (AvgIpc) is 3.35. The second kappa shape index (κ2) is 7.78. The Morgan fingerprint density at radius 3 is 2.90 bits per heavy atom. The Bertz CT molecular complexity index is 1010. The molecule has 29 heavy (non-hydrogen) atoms. The van der Waals surface area contributed by atoms with E-state index in [1.807, 2.05) is 20.0 Å². The number of imidazole rings is 1. The molecule has 1 N–H and O–H groups in total. The molecule has 0 spiro atoms. The third kappa shape index (κ3) is 3.84. The van der Waals surface area contributed by atoms with Crippen molar-refractivity contribution in [3.63, 3.8) is 0 Å². The molecule has 1 fully saturated rings.